The van der Waals surface area contributed by atoms with E-state index in [1.165, 1.54) is 0 Å². The van der Waals surface area contributed by atoms with Gasteiger partial charge in [-0.25, -0.2) is 0 Å². The van der Waals surface area contributed by atoms with Gasteiger partial charge in [-0.2, -0.15) is 0 Å². The van der Waals surface area contributed by atoms with Gasteiger partial charge in [0.25, 0.3) is 5.91 Å². The summed E-state index contributed by atoms with van der Waals surface area (Å²) in [6.45, 7) is 2.42. The van der Waals surface area contributed by atoms with Gasteiger partial charge in [-0.3, -0.25) is 4.79 Å². The number of terminal acetylenes is 1. The van der Waals surface area contributed by atoms with Gasteiger partial charge in [-0.05, 0) is 69.4 Å². The van der Waals surface area contributed by atoms with E-state index in [0.717, 1.165) is 20.9 Å². The first kappa shape index (κ1) is 17.0. The van der Waals surface area contributed by atoms with E-state index in [1.54, 1.807) is 6.92 Å². The molecule has 108 valence electrons. The number of nitrogens with one attached hydrogen (secondary N) is 1. The lowest BCUT2D eigenvalue weighted by atomic mass is 10.1. The molecule has 0 spiro atoms. The molecule has 3 N–H and O–H groups in total. The minimum atomic E-state index is -0.642. The standard InChI is InChI=1S/C14H16Br2N2O2/c1-3-6-18-14(19)9(2)20-13-11(15)7-10(4-5-17)8-12(13)16/h1,7-9H,4-6,17H2,2H3,(H,18,19). The number of rotatable bonds is 6. The van der Waals surface area contributed by atoms with Crippen LogP contribution in [-0.4, -0.2) is 25.1 Å². The zero-order chi connectivity index (χ0) is 15.1. The highest BCUT2D eigenvalue weighted by Gasteiger charge is 2.17. The fourth-order valence-electron chi connectivity index (χ4n) is 1.55. The van der Waals surface area contributed by atoms with Crippen LogP contribution in [0.2, 0.25) is 0 Å². The van der Waals surface area contributed by atoms with Gasteiger partial charge in [0.05, 0.1) is 15.5 Å². The van der Waals surface area contributed by atoms with Gasteiger partial charge < -0.3 is 15.8 Å². The van der Waals surface area contributed by atoms with E-state index in [1.807, 2.05) is 12.1 Å². The van der Waals surface area contributed by atoms with Crippen LogP contribution in [0.5, 0.6) is 5.75 Å². The molecule has 1 atom stereocenters. The molecule has 6 heteroatoms. The number of ether oxygens (including phenoxy) is 1. The Morgan fingerprint density at radius 2 is 2.10 bits per heavy atom. The first-order chi connectivity index (χ1) is 9.49. The summed E-state index contributed by atoms with van der Waals surface area (Å²) in [6, 6.07) is 3.86. The zero-order valence-corrected chi connectivity index (χ0v) is 14.3. The molecule has 0 aromatic heterocycles. The molecule has 1 rings (SSSR count). The lowest BCUT2D eigenvalue weighted by molar-refractivity contribution is -0.127. The summed E-state index contributed by atoms with van der Waals surface area (Å²) < 4.78 is 7.20. The molecular weight excluding hydrogens is 388 g/mol. The Kier molecular flexibility index (Phi) is 7.06. The summed E-state index contributed by atoms with van der Waals surface area (Å²) >= 11 is 6.88. The minimum absolute atomic E-state index is 0.185. The molecule has 0 radical (unpaired) electrons. The molecule has 20 heavy (non-hydrogen) atoms. The molecule has 0 aliphatic carbocycles. The largest absolute Gasteiger partial charge is 0.479 e. The van der Waals surface area contributed by atoms with Crippen LogP contribution in [0.3, 0.4) is 0 Å². The number of hydrogen-bond donors (Lipinski definition) is 2. The molecule has 1 aromatic carbocycles. The third-order valence-electron chi connectivity index (χ3n) is 2.52. The molecular formula is C14H16Br2N2O2. The molecule has 1 aromatic rings. The molecule has 0 saturated carbocycles. The highest BCUT2D eigenvalue weighted by Crippen LogP contribution is 2.35. The van der Waals surface area contributed by atoms with Gasteiger partial charge in [0, 0.05) is 0 Å². The first-order valence-corrected chi connectivity index (χ1v) is 7.64. The van der Waals surface area contributed by atoms with Crippen LogP contribution in [0.25, 0.3) is 0 Å². The van der Waals surface area contributed by atoms with Crippen LogP contribution in [0.1, 0.15) is 12.5 Å². The Balaban J connectivity index is 2.82. The van der Waals surface area contributed by atoms with Gasteiger partial charge in [-0.1, -0.05) is 5.92 Å². The highest BCUT2D eigenvalue weighted by atomic mass is 79.9. The topological polar surface area (TPSA) is 64.3 Å². The number of carbonyl (C=O) groups excluding carboxylic acids is 1. The number of benzene rings is 1. The van der Waals surface area contributed by atoms with Crippen molar-refractivity contribution in [2.45, 2.75) is 19.4 Å². The lowest BCUT2D eigenvalue weighted by Crippen LogP contribution is -2.36. The quantitative estimate of drug-likeness (QED) is 0.716. The maximum absolute atomic E-state index is 11.7. The van der Waals surface area contributed by atoms with Crippen LogP contribution in [0, 0.1) is 12.3 Å². The van der Waals surface area contributed by atoms with Gasteiger partial charge in [0.2, 0.25) is 0 Å². The average molecular weight is 404 g/mol. The van der Waals surface area contributed by atoms with Crippen molar-refractivity contribution in [3.05, 3.63) is 26.6 Å². The maximum Gasteiger partial charge on any atom is 0.261 e. The van der Waals surface area contributed by atoms with Crippen molar-refractivity contribution in [3.63, 3.8) is 0 Å². The van der Waals surface area contributed by atoms with Crippen molar-refractivity contribution in [2.75, 3.05) is 13.1 Å². The van der Waals surface area contributed by atoms with Gasteiger partial charge in [-0.15, -0.1) is 6.42 Å². The van der Waals surface area contributed by atoms with Crippen molar-refractivity contribution < 1.29 is 9.53 Å². The molecule has 0 fully saturated rings. The molecule has 0 aliphatic heterocycles. The first-order valence-electron chi connectivity index (χ1n) is 6.05. The fourth-order valence-corrected chi connectivity index (χ4v) is 3.02. The summed E-state index contributed by atoms with van der Waals surface area (Å²) in [5, 5.41) is 2.58. The molecule has 0 aliphatic rings. The van der Waals surface area contributed by atoms with E-state index in [0.29, 0.717) is 12.3 Å². The normalized spacial score (nSPS) is 11.6. The molecule has 4 nitrogen and oxygen atoms in total. The van der Waals surface area contributed by atoms with E-state index in [2.05, 4.69) is 43.1 Å². The Morgan fingerprint density at radius 3 is 2.60 bits per heavy atom. The van der Waals surface area contributed by atoms with E-state index < -0.39 is 6.10 Å². The third-order valence-corrected chi connectivity index (χ3v) is 3.70. The van der Waals surface area contributed by atoms with Gasteiger partial charge in [0.15, 0.2) is 6.10 Å². The summed E-state index contributed by atoms with van der Waals surface area (Å²) in [6.07, 6.45) is 5.22. The average Bonchev–Trinajstić information content (AvgIpc) is 2.40. The third kappa shape index (κ3) is 4.82. The Bertz CT molecular complexity index is 503. The maximum atomic E-state index is 11.7. The van der Waals surface area contributed by atoms with Crippen LogP contribution in [-0.2, 0) is 11.2 Å². The van der Waals surface area contributed by atoms with Crippen molar-refractivity contribution in [3.8, 4) is 18.1 Å². The number of amides is 1. The predicted octanol–water partition coefficient (Wildman–Crippen LogP) is 2.23. The summed E-state index contributed by atoms with van der Waals surface area (Å²) in [4.78, 5) is 11.7. The Labute approximate surface area is 135 Å². The Morgan fingerprint density at radius 1 is 1.50 bits per heavy atom. The van der Waals surface area contributed by atoms with Crippen molar-refractivity contribution >= 4 is 37.8 Å². The second-order valence-corrected chi connectivity index (χ2v) is 5.82. The number of hydrogen-bond acceptors (Lipinski definition) is 3. The monoisotopic (exact) mass is 402 g/mol. The van der Waals surface area contributed by atoms with E-state index >= 15 is 0 Å². The van der Waals surface area contributed by atoms with Crippen LogP contribution in [0.15, 0.2) is 21.1 Å². The second kappa shape index (κ2) is 8.30. The lowest BCUT2D eigenvalue weighted by Gasteiger charge is -2.17. The van der Waals surface area contributed by atoms with Crippen LogP contribution >= 0.6 is 31.9 Å². The predicted molar refractivity (Wildman–Crippen MR) is 86.5 cm³/mol. The summed E-state index contributed by atoms with van der Waals surface area (Å²) in [5.41, 5.74) is 6.62. The molecule has 1 amide bonds. The van der Waals surface area contributed by atoms with Crippen LogP contribution in [0.4, 0.5) is 0 Å². The summed E-state index contributed by atoms with van der Waals surface area (Å²) in [7, 11) is 0. The summed E-state index contributed by atoms with van der Waals surface area (Å²) in [5.74, 6) is 2.66. The highest BCUT2D eigenvalue weighted by molar-refractivity contribution is 9.11. The number of nitrogens with two attached hydrogens (primary N) is 1. The smallest absolute Gasteiger partial charge is 0.261 e. The zero-order valence-electron chi connectivity index (χ0n) is 11.1. The van der Waals surface area contributed by atoms with E-state index in [9.17, 15) is 4.79 Å². The molecule has 1 unspecified atom stereocenters. The van der Waals surface area contributed by atoms with E-state index in [-0.39, 0.29) is 12.5 Å². The molecule has 0 bridgehead atoms. The van der Waals surface area contributed by atoms with Crippen molar-refractivity contribution in [2.24, 2.45) is 5.73 Å². The number of halogens is 2. The minimum Gasteiger partial charge on any atom is -0.479 e. The number of carbonyl (C=O) groups is 1. The molecule has 0 heterocycles. The van der Waals surface area contributed by atoms with Crippen molar-refractivity contribution in [1.82, 2.24) is 5.32 Å². The fraction of sp³-hybridized carbons (Fsp3) is 0.357. The van der Waals surface area contributed by atoms with Crippen LogP contribution < -0.4 is 15.8 Å². The molecule has 0 saturated heterocycles. The SMILES string of the molecule is C#CCNC(=O)C(C)Oc1c(Br)cc(CCN)cc1Br. The van der Waals surface area contributed by atoms with Crippen molar-refractivity contribution in [1.29, 1.82) is 0 Å². The van der Waals surface area contributed by atoms with Gasteiger partial charge >= 0.3 is 0 Å². The van der Waals surface area contributed by atoms with E-state index in [4.69, 9.17) is 16.9 Å². The Hall–Kier alpha value is -1.03. The van der Waals surface area contributed by atoms with Gasteiger partial charge in [0.1, 0.15) is 5.75 Å². The second-order valence-electron chi connectivity index (χ2n) is 4.11.